The maximum absolute atomic E-state index is 5.81. The number of nitrogens with zero attached hydrogens (tertiary/aromatic N) is 4. The topological polar surface area (TPSA) is 69.6 Å². The molecule has 1 aromatic carbocycles. The molecule has 0 unspecified atom stereocenters. The average molecular weight is 217 g/mol. The Morgan fingerprint density at radius 2 is 2.00 bits per heavy atom. The number of rotatable bonds is 2. The molecule has 84 valence electrons. The molecule has 2 N–H and O–H groups in total. The summed E-state index contributed by atoms with van der Waals surface area (Å²) < 4.78 is 1.79. The first-order chi connectivity index (χ1) is 7.58. The Bertz CT molecular complexity index is 481. The zero-order valence-electron chi connectivity index (χ0n) is 9.68. The predicted octanol–water partition coefficient (Wildman–Crippen LogP) is 1.81. The van der Waals surface area contributed by atoms with Gasteiger partial charge in [0.25, 0.3) is 0 Å². The lowest BCUT2D eigenvalue weighted by molar-refractivity contribution is 0.519. The van der Waals surface area contributed by atoms with E-state index in [2.05, 4.69) is 15.5 Å². The van der Waals surface area contributed by atoms with Gasteiger partial charge in [-0.1, -0.05) is 0 Å². The fraction of sp³-hybridized carbons (Fsp3) is 0.364. The second kappa shape index (κ2) is 3.92. The summed E-state index contributed by atoms with van der Waals surface area (Å²) in [6.45, 7) is 6.08. The van der Waals surface area contributed by atoms with Gasteiger partial charge in [-0.05, 0) is 55.0 Å². The van der Waals surface area contributed by atoms with Crippen LogP contribution in [0, 0.1) is 6.92 Å². The van der Waals surface area contributed by atoms with E-state index < -0.39 is 0 Å². The first-order valence-electron chi connectivity index (χ1n) is 5.23. The summed E-state index contributed by atoms with van der Waals surface area (Å²) in [5.74, 6) is 0.755. The van der Waals surface area contributed by atoms with E-state index in [9.17, 15) is 0 Å². The van der Waals surface area contributed by atoms with Gasteiger partial charge < -0.3 is 5.73 Å². The molecular formula is C11H15N5. The van der Waals surface area contributed by atoms with Crippen molar-refractivity contribution in [2.75, 3.05) is 5.73 Å². The molecule has 0 saturated carbocycles. The standard InChI is InChI=1S/C11H15N5/c1-7(2)16-11(13-14-15-16)9-4-8(3)5-10(12)6-9/h4-7H,12H2,1-3H3. The third-order valence-corrected chi connectivity index (χ3v) is 2.34. The van der Waals surface area contributed by atoms with Gasteiger partial charge in [0, 0.05) is 11.3 Å². The van der Waals surface area contributed by atoms with Gasteiger partial charge in [-0.2, -0.15) is 0 Å². The number of benzene rings is 1. The van der Waals surface area contributed by atoms with Crippen LogP contribution >= 0.6 is 0 Å². The molecule has 2 aromatic rings. The van der Waals surface area contributed by atoms with Crippen molar-refractivity contribution in [1.82, 2.24) is 20.2 Å². The summed E-state index contributed by atoms with van der Waals surface area (Å²) in [6, 6.07) is 6.07. The van der Waals surface area contributed by atoms with Gasteiger partial charge >= 0.3 is 0 Å². The number of hydrogen-bond donors (Lipinski definition) is 1. The normalized spacial score (nSPS) is 11.0. The van der Waals surface area contributed by atoms with Crippen molar-refractivity contribution in [3.05, 3.63) is 23.8 Å². The van der Waals surface area contributed by atoms with Crippen LogP contribution in [0.4, 0.5) is 5.69 Å². The Hall–Kier alpha value is -1.91. The minimum Gasteiger partial charge on any atom is -0.399 e. The molecular weight excluding hydrogens is 202 g/mol. The van der Waals surface area contributed by atoms with Crippen LogP contribution in [0.25, 0.3) is 11.4 Å². The summed E-state index contributed by atoms with van der Waals surface area (Å²) in [7, 11) is 0. The van der Waals surface area contributed by atoms with Crippen molar-refractivity contribution in [3.63, 3.8) is 0 Å². The summed E-state index contributed by atoms with van der Waals surface area (Å²) >= 11 is 0. The van der Waals surface area contributed by atoms with E-state index in [1.165, 1.54) is 0 Å². The second-order valence-corrected chi connectivity index (χ2v) is 4.17. The molecule has 5 nitrogen and oxygen atoms in total. The zero-order chi connectivity index (χ0) is 11.7. The number of nitrogen functional groups attached to an aromatic ring is 1. The molecule has 0 spiro atoms. The van der Waals surface area contributed by atoms with Gasteiger partial charge in [-0.25, -0.2) is 4.68 Å². The minimum absolute atomic E-state index is 0.228. The second-order valence-electron chi connectivity index (χ2n) is 4.17. The largest absolute Gasteiger partial charge is 0.399 e. The van der Waals surface area contributed by atoms with Gasteiger partial charge in [0.05, 0.1) is 6.04 Å². The molecule has 16 heavy (non-hydrogen) atoms. The number of hydrogen-bond acceptors (Lipinski definition) is 4. The molecule has 1 aromatic heterocycles. The number of nitrogens with two attached hydrogens (primary N) is 1. The van der Waals surface area contributed by atoms with Crippen LogP contribution in [0.5, 0.6) is 0 Å². The fourth-order valence-electron chi connectivity index (χ4n) is 1.67. The van der Waals surface area contributed by atoms with Crippen molar-refractivity contribution in [1.29, 1.82) is 0 Å². The van der Waals surface area contributed by atoms with E-state index in [4.69, 9.17) is 5.73 Å². The maximum atomic E-state index is 5.81. The summed E-state index contributed by atoms with van der Waals surface area (Å²) in [4.78, 5) is 0. The van der Waals surface area contributed by atoms with E-state index in [-0.39, 0.29) is 6.04 Å². The fourth-order valence-corrected chi connectivity index (χ4v) is 1.67. The summed E-state index contributed by atoms with van der Waals surface area (Å²) in [5, 5.41) is 11.7. The molecule has 0 atom stereocenters. The van der Waals surface area contributed by atoms with E-state index in [0.29, 0.717) is 0 Å². The number of aryl methyl sites for hydroxylation is 1. The van der Waals surface area contributed by atoms with Gasteiger partial charge in [0.1, 0.15) is 0 Å². The highest BCUT2D eigenvalue weighted by Crippen LogP contribution is 2.22. The Morgan fingerprint density at radius 3 is 2.62 bits per heavy atom. The smallest absolute Gasteiger partial charge is 0.182 e. The quantitative estimate of drug-likeness (QED) is 0.779. The third-order valence-electron chi connectivity index (χ3n) is 2.34. The molecule has 0 saturated heterocycles. The van der Waals surface area contributed by atoms with E-state index in [1.807, 2.05) is 39.0 Å². The minimum atomic E-state index is 0.228. The molecule has 0 fully saturated rings. The summed E-state index contributed by atoms with van der Waals surface area (Å²) in [6.07, 6.45) is 0. The van der Waals surface area contributed by atoms with Crippen molar-refractivity contribution in [2.24, 2.45) is 0 Å². The Morgan fingerprint density at radius 1 is 1.25 bits per heavy atom. The van der Waals surface area contributed by atoms with Gasteiger partial charge in [0.2, 0.25) is 0 Å². The Balaban J connectivity index is 2.54. The van der Waals surface area contributed by atoms with Crippen LogP contribution in [0.2, 0.25) is 0 Å². The molecule has 5 heteroatoms. The van der Waals surface area contributed by atoms with E-state index >= 15 is 0 Å². The van der Waals surface area contributed by atoms with Crippen molar-refractivity contribution < 1.29 is 0 Å². The van der Waals surface area contributed by atoms with Crippen LogP contribution in [0.15, 0.2) is 18.2 Å². The van der Waals surface area contributed by atoms with Gasteiger partial charge in [-0.3, -0.25) is 0 Å². The van der Waals surface area contributed by atoms with Crippen molar-refractivity contribution >= 4 is 5.69 Å². The SMILES string of the molecule is Cc1cc(N)cc(-c2nnnn2C(C)C)c1. The van der Waals surface area contributed by atoms with Gasteiger partial charge in [-0.15, -0.1) is 5.10 Å². The Labute approximate surface area is 94.3 Å². The van der Waals surface area contributed by atoms with E-state index in [1.54, 1.807) is 4.68 Å². The van der Waals surface area contributed by atoms with Crippen molar-refractivity contribution in [2.45, 2.75) is 26.8 Å². The highest BCUT2D eigenvalue weighted by molar-refractivity contribution is 5.62. The summed E-state index contributed by atoms with van der Waals surface area (Å²) in [5.41, 5.74) is 8.60. The molecule has 1 heterocycles. The molecule has 0 amide bonds. The van der Waals surface area contributed by atoms with Crippen LogP contribution in [0.3, 0.4) is 0 Å². The van der Waals surface area contributed by atoms with Crippen LogP contribution < -0.4 is 5.73 Å². The molecule has 0 radical (unpaired) electrons. The lowest BCUT2D eigenvalue weighted by Gasteiger charge is -2.08. The lowest BCUT2D eigenvalue weighted by Crippen LogP contribution is -2.05. The lowest BCUT2D eigenvalue weighted by atomic mass is 10.1. The highest BCUT2D eigenvalue weighted by atomic mass is 15.5. The molecule has 0 aliphatic heterocycles. The number of anilines is 1. The van der Waals surface area contributed by atoms with E-state index in [0.717, 1.165) is 22.6 Å². The maximum Gasteiger partial charge on any atom is 0.182 e. The highest BCUT2D eigenvalue weighted by Gasteiger charge is 2.11. The Kier molecular flexibility index (Phi) is 2.60. The van der Waals surface area contributed by atoms with Crippen LogP contribution in [-0.4, -0.2) is 20.2 Å². The first-order valence-corrected chi connectivity index (χ1v) is 5.23. The van der Waals surface area contributed by atoms with Crippen LogP contribution in [0.1, 0.15) is 25.5 Å². The third kappa shape index (κ3) is 1.88. The molecule has 0 aliphatic rings. The average Bonchev–Trinajstić information content (AvgIpc) is 2.63. The molecule has 0 aliphatic carbocycles. The number of aromatic nitrogens is 4. The van der Waals surface area contributed by atoms with Crippen molar-refractivity contribution in [3.8, 4) is 11.4 Å². The number of tetrazole rings is 1. The molecule has 2 rings (SSSR count). The predicted molar refractivity (Wildman–Crippen MR) is 62.8 cm³/mol. The first kappa shape index (κ1) is 10.6. The van der Waals surface area contributed by atoms with Crippen LogP contribution in [-0.2, 0) is 0 Å². The van der Waals surface area contributed by atoms with Gasteiger partial charge in [0.15, 0.2) is 5.82 Å². The monoisotopic (exact) mass is 217 g/mol. The zero-order valence-corrected chi connectivity index (χ0v) is 9.68. The molecule has 0 bridgehead atoms.